The van der Waals surface area contributed by atoms with Crippen LogP contribution in [-0.4, -0.2) is 21.7 Å². The Hall–Kier alpha value is -2.66. The van der Waals surface area contributed by atoms with Crippen molar-refractivity contribution >= 4 is 29.1 Å². The number of hydrogen-bond acceptors (Lipinski definition) is 5. The predicted octanol–water partition coefficient (Wildman–Crippen LogP) is 4.60. The lowest BCUT2D eigenvalue weighted by molar-refractivity contribution is 0.880. The van der Waals surface area contributed by atoms with E-state index >= 15 is 0 Å². The quantitative estimate of drug-likeness (QED) is 0.701. The van der Waals surface area contributed by atoms with Gasteiger partial charge >= 0.3 is 0 Å². The Labute approximate surface area is 152 Å². The van der Waals surface area contributed by atoms with Crippen LogP contribution in [0.25, 0.3) is 0 Å². The fourth-order valence-corrected chi connectivity index (χ4v) is 2.65. The Balaban J connectivity index is 1.76. The zero-order chi connectivity index (χ0) is 17.6. The third-order valence-electron chi connectivity index (χ3n) is 3.81. The number of anilines is 3. The topological polar surface area (TPSA) is 53.9 Å². The highest BCUT2D eigenvalue weighted by Crippen LogP contribution is 2.23. The fraction of sp³-hybridized carbons (Fsp3) is 0.211. The second-order valence-electron chi connectivity index (χ2n) is 5.70. The maximum absolute atomic E-state index is 5.91. The van der Waals surface area contributed by atoms with Crippen LogP contribution in [0.1, 0.15) is 18.1 Å². The van der Waals surface area contributed by atoms with Crippen molar-refractivity contribution in [2.45, 2.75) is 20.4 Å². The molecule has 0 amide bonds. The maximum Gasteiger partial charge on any atom is 0.251 e. The summed E-state index contributed by atoms with van der Waals surface area (Å²) in [5, 5.41) is 12.3. The molecule has 0 unspecified atom stereocenters. The highest BCUT2D eigenvalue weighted by atomic mass is 35.5. The van der Waals surface area contributed by atoms with E-state index in [1.165, 1.54) is 5.56 Å². The molecular formula is C19H20ClN5. The van der Waals surface area contributed by atoms with Gasteiger partial charge in [0, 0.05) is 23.8 Å². The van der Waals surface area contributed by atoms with Crippen molar-refractivity contribution < 1.29 is 0 Å². The molecule has 0 aliphatic carbocycles. The summed E-state index contributed by atoms with van der Waals surface area (Å²) in [4.78, 5) is 6.63. The van der Waals surface area contributed by atoms with E-state index in [0.717, 1.165) is 22.8 Å². The third kappa shape index (κ3) is 4.45. The molecule has 0 spiro atoms. The molecule has 3 aromatic rings. The first-order valence-corrected chi connectivity index (χ1v) is 8.56. The maximum atomic E-state index is 5.91. The van der Waals surface area contributed by atoms with Crippen LogP contribution in [0.5, 0.6) is 0 Å². The lowest BCUT2D eigenvalue weighted by Crippen LogP contribution is -2.20. The second-order valence-corrected chi connectivity index (χ2v) is 6.14. The first-order chi connectivity index (χ1) is 12.2. The third-order valence-corrected chi connectivity index (χ3v) is 4.06. The predicted molar refractivity (Wildman–Crippen MR) is 102 cm³/mol. The molecule has 0 saturated heterocycles. The van der Waals surface area contributed by atoms with Crippen molar-refractivity contribution in [1.82, 2.24) is 15.2 Å². The standard InChI is InChI=1S/C19H20ClN5/c1-3-25(17-6-4-5-14(2)11-17)19-23-18(13-22-24-19)21-12-15-7-9-16(20)10-8-15/h4-11,13H,3,12H2,1-2H3,(H,21,23,24). The molecule has 1 N–H and O–H groups in total. The van der Waals surface area contributed by atoms with Gasteiger partial charge in [-0.05, 0) is 49.2 Å². The van der Waals surface area contributed by atoms with Gasteiger partial charge in [-0.1, -0.05) is 35.9 Å². The smallest absolute Gasteiger partial charge is 0.251 e. The SMILES string of the molecule is CCN(c1cccc(C)c1)c1nncc(NCc2ccc(Cl)cc2)n1. The molecule has 2 aromatic carbocycles. The number of halogens is 1. The minimum atomic E-state index is 0.578. The zero-order valence-corrected chi connectivity index (χ0v) is 15.0. The number of nitrogens with one attached hydrogen (secondary N) is 1. The van der Waals surface area contributed by atoms with Crippen LogP contribution in [0.2, 0.25) is 5.02 Å². The normalized spacial score (nSPS) is 10.5. The van der Waals surface area contributed by atoms with Crippen LogP contribution in [0.3, 0.4) is 0 Å². The molecule has 0 aliphatic rings. The molecule has 0 atom stereocenters. The van der Waals surface area contributed by atoms with E-state index in [0.29, 0.717) is 18.3 Å². The van der Waals surface area contributed by atoms with Crippen LogP contribution < -0.4 is 10.2 Å². The summed E-state index contributed by atoms with van der Waals surface area (Å²) < 4.78 is 0. The molecule has 1 aromatic heterocycles. The average Bonchev–Trinajstić information content (AvgIpc) is 2.62. The summed E-state index contributed by atoms with van der Waals surface area (Å²) in [5.74, 6) is 1.26. The molecule has 1 heterocycles. The van der Waals surface area contributed by atoms with E-state index in [2.05, 4.69) is 46.5 Å². The van der Waals surface area contributed by atoms with E-state index < -0.39 is 0 Å². The lowest BCUT2D eigenvalue weighted by atomic mass is 10.2. The van der Waals surface area contributed by atoms with Crippen LogP contribution in [0, 0.1) is 6.92 Å². The molecule has 0 bridgehead atoms. The number of nitrogens with zero attached hydrogens (tertiary/aromatic N) is 4. The molecule has 6 heteroatoms. The van der Waals surface area contributed by atoms with Crippen molar-refractivity contribution in [1.29, 1.82) is 0 Å². The van der Waals surface area contributed by atoms with E-state index in [1.807, 2.05) is 41.3 Å². The van der Waals surface area contributed by atoms with Crippen molar-refractivity contribution in [3.63, 3.8) is 0 Å². The molecule has 5 nitrogen and oxygen atoms in total. The van der Waals surface area contributed by atoms with Gasteiger partial charge in [0.2, 0.25) is 0 Å². The molecule has 25 heavy (non-hydrogen) atoms. The van der Waals surface area contributed by atoms with Gasteiger partial charge in [-0.25, -0.2) is 0 Å². The summed E-state index contributed by atoms with van der Waals surface area (Å²) in [7, 11) is 0. The van der Waals surface area contributed by atoms with Gasteiger partial charge in [-0.15, -0.1) is 5.10 Å². The number of benzene rings is 2. The van der Waals surface area contributed by atoms with Crippen LogP contribution in [0.4, 0.5) is 17.5 Å². The Kier molecular flexibility index (Phi) is 5.46. The first-order valence-electron chi connectivity index (χ1n) is 8.18. The number of aryl methyl sites for hydroxylation is 1. The van der Waals surface area contributed by atoms with Gasteiger partial charge < -0.3 is 10.2 Å². The molecule has 3 rings (SSSR count). The van der Waals surface area contributed by atoms with E-state index in [1.54, 1.807) is 6.20 Å². The Morgan fingerprint density at radius 2 is 1.92 bits per heavy atom. The van der Waals surface area contributed by atoms with Gasteiger partial charge in [-0.3, -0.25) is 0 Å². The van der Waals surface area contributed by atoms with E-state index in [4.69, 9.17) is 11.6 Å². The first kappa shape index (κ1) is 17.2. The van der Waals surface area contributed by atoms with Crippen LogP contribution in [0.15, 0.2) is 54.7 Å². The fourth-order valence-electron chi connectivity index (χ4n) is 2.52. The van der Waals surface area contributed by atoms with Crippen LogP contribution >= 0.6 is 11.6 Å². The summed E-state index contributed by atoms with van der Waals surface area (Å²) >= 11 is 5.91. The number of rotatable bonds is 6. The van der Waals surface area contributed by atoms with Gasteiger partial charge in [0.05, 0.1) is 6.20 Å². The Morgan fingerprint density at radius 3 is 2.64 bits per heavy atom. The van der Waals surface area contributed by atoms with Gasteiger partial charge in [0.1, 0.15) is 0 Å². The Bertz CT molecular complexity index is 835. The number of hydrogen-bond donors (Lipinski definition) is 1. The molecule has 0 saturated carbocycles. The molecule has 0 fully saturated rings. The van der Waals surface area contributed by atoms with E-state index in [-0.39, 0.29) is 0 Å². The monoisotopic (exact) mass is 353 g/mol. The molecule has 0 radical (unpaired) electrons. The van der Waals surface area contributed by atoms with E-state index in [9.17, 15) is 0 Å². The second kappa shape index (κ2) is 7.94. The van der Waals surface area contributed by atoms with Crippen molar-refractivity contribution in [2.24, 2.45) is 0 Å². The highest BCUT2D eigenvalue weighted by Gasteiger charge is 2.11. The minimum Gasteiger partial charge on any atom is -0.365 e. The average molecular weight is 354 g/mol. The summed E-state index contributed by atoms with van der Waals surface area (Å²) in [6.07, 6.45) is 1.63. The van der Waals surface area contributed by atoms with Crippen molar-refractivity contribution in [3.8, 4) is 0 Å². The molecule has 128 valence electrons. The van der Waals surface area contributed by atoms with Gasteiger partial charge in [-0.2, -0.15) is 10.1 Å². The molecule has 0 aliphatic heterocycles. The van der Waals surface area contributed by atoms with Crippen molar-refractivity contribution in [3.05, 3.63) is 70.9 Å². The largest absolute Gasteiger partial charge is 0.365 e. The lowest BCUT2D eigenvalue weighted by Gasteiger charge is -2.21. The number of aromatic nitrogens is 3. The van der Waals surface area contributed by atoms with Gasteiger partial charge in [0.25, 0.3) is 5.95 Å². The summed E-state index contributed by atoms with van der Waals surface area (Å²) in [5.41, 5.74) is 3.37. The minimum absolute atomic E-state index is 0.578. The van der Waals surface area contributed by atoms with Crippen LogP contribution in [-0.2, 0) is 6.54 Å². The summed E-state index contributed by atoms with van der Waals surface area (Å²) in [6.45, 7) is 5.54. The highest BCUT2D eigenvalue weighted by molar-refractivity contribution is 6.30. The Morgan fingerprint density at radius 1 is 1.12 bits per heavy atom. The zero-order valence-electron chi connectivity index (χ0n) is 14.3. The summed E-state index contributed by atoms with van der Waals surface area (Å²) in [6, 6.07) is 16.0. The van der Waals surface area contributed by atoms with Crippen molar-refractivity contribution in [2.75, 3.05) is 16.8 Å². The molecular weight excluding hydrogens is 334 g/mol. The van der Waals surface area contributed by atoms with Gasteiger partial charge in [0.15, 0.2) is 5.82 Å².